The fraction of sp³-hybridized carbons (Fsp3) is 0.353. The van der Waals surface area contributed by atoms with Gasteiger partial charge in [0.05, 0.1) is 11.8 Å². The van der Waals surface area contributed by atoms with Crippen molar-refractivity contribution in [3.8, 4) is 0 Å². The molecule has 0 aliphatic carbocycles. The lowest BCUT2D eigenvalue weighted by molar-refractivity contribution is -0.131. The summed E-state index contributed by atoms with van der Waals surface area (Å²) >= 11 is 1.27. The van der Waals surface area contributed by atoms with Gasteiger partial charge in [0.15, 0.2) is 0 Å². The largest absolute Gasteiger partial charge is 0.441 e. The zero-order valence-electron chi connectivity index (χ0n) is 13.0. The molecular formula is C17H18N2O4S. The van der Waals surface area contributed by atoms with E-state index in [9.17, 15) is 9.59 Å². The van der Waals surface area contributed by atoms with Gasteiger partial charge in [-0.1, -0.05) is 12.1 Å². The van der Waals surface area contributed by atoms with E-state index in [-0.39, 0.29) is 6.10 Å². The molecule has 3 heterocycles. The normalized spacial score (nSPS) is 18.1. The van der Waals surface area contributed by atoms with Crippen molar-refractivity contribution in [3.63, 3.8) is 0 Å². The smallest absolute Gasteiger partial charge is 0.349 e. The van der Waals surface area contributed by atoms with E-state index >= 15 is 0 Å². The number of rotatable bonds is 6. The maximum atomic E-state index is 12.5. The summed E-state index contributed by atoms with van der Waals surface area (Å²) in [5.41, 5.74) is 0.396. The number of esters is 1. The van der Waals surface area contributed by atoms with Gasteiger partial charge in [0, 0.05) is 19.3 Å². The minimum Gasteiger partial charge on any atom is -0.441 e. The van der Waals surface area contributed by atoms with E-state index in [2.05, 4.69) is 10.3 Å². The van der Waals surface area contributed by atoms with E-state index in [1.54, 1.807) is 41.9 Å². The Balaban J connectivity index is 1.69. The highest BCUT2D eigenvalue weighted by atomic mass is 32.1. The number of nitrogens with one attached hydrogen (secondary N) is 1. The Morgan fingerprint density at radius 2 is 2.29 bits per heavy atom. The lowest BCUT2D eigenvalue weighted by Crippen LogP contribution is -2.37. The molecule has 0 spiro atoms. The number of hydrogen-bond donors (Lipinski definition) is 1. The Bertz CT molecular complexity index is 669. The van der Waals surface area contributed by atoms with Crippen LogP contribution in [0.1, 0.15) is 34.3 Å². The van der Waals surface area contributed by atoms with Crippen molar-refractivity contribution in [2.75, 3.05) is 13.2 Å². The van der Waals surface area contributed by atoms with Gasteiger partial charge in [-0.2, -0.15) is 0 Å². The van der Waals surface area contributed by atoms with Crippen molar-refractivity contribution in [1.82, 2.24) is 10.3 Å². The molecule has 2 aromatic heterocycles. The number of carbonyl (C=O) groups is 2. The van der Waals surface area contributed by atoms with Gasteiger partial charge in [-0.3, -0.25) is 9.78 Å². The van der Waals surface area contributed by atoms with Crippen LogP contribution in [-0.2, 0) is 14.3 Å². The van der Waals surface area contributed by atoms with Gasteiger partial charge in [-0.05, 0) is 36.4 Å². The summed E-state index contributed by atoms with van der Waals surface area (Å²) in [6, 6.07) is 8.58. The molecule has 2 aromatic rings. The first-order valence-corrected chi connectivity index (χ1v) is 8.67. The molecule has 126 valence electrons. The molecule has 1 aliphatic heterocycles. The second-order valence-corrected chi connectivity index (χ2v) is 6.35. The van der Waals surface area contributed by atoms with Gasteiger partial charge >= 0.3 is 5.97 Å². The van der Waals surface area contributed by atoms with Crippen LogP contribution in [0.4, 0.5) is 0 Å². The molecule has 24 heavy (non-hydrogen) atoms. The third-order valence-electron chi connectivity index (χ3n) is 3.67. The molecule has 1 amide bonds. The lowest BCUT2D eigenvalue weighted by atomic mass is 10.2. The first kappa shape index (κ1) is 16.6. The maximum absolute atomic E-state index is 12.5. The molecule has 3 rings (SSSR count). The fourth-order valence-corrected chi connectivity index (χ4v) is 3.06. The van der Waals surface area contributed by atoms with Crippen LogP contribution in [0.25, 0.3) is 0 Å². The molecular weight excluding hydrogens is 328 g/mol. The monoisotopic (exact) mass is 346 g/mol. The van der Waals surface area contributed by atoms with Gasteiger partial charge in [0.1, 0.15) is 4.88 Å². The van der Waals surface area contributed by atoms with Gasteiger partial charge < -0.3 is 14.8 Å². The molecule has 0 unspecified atom stereocenters. The van der Waals surface area contributed by atoms with Crippen LogP contribution in [0, 0.1) is 0 Å². The molecule has 1 N–H and O–H groups in total. The van der Waals surface area contributed by atoms with Crippen molar-refractivity contribution in [3.05, 3.63) is 52.5 Å². The number of pyridine rings is 1. The van der Waals surface area contributed by atoms with Crippen molar-refractivity contribution in [2.45, 2.75) is 25.0 Å². The first-order chi connectivity index (χ1) is 11.7. The van der Waals surface area contributed by atoms with E-state index in [4.69, 9.17) is 9.47 Å². The molecule has 1 fully saturated rings. The number of aromatic nitrogens is 1. The van der Waals surface area contributed by atoms with Crippen LogP contribution in [0.3, 0.4) is 0 Å². The van der Waals surface area contributed by atoms with Crippen molar-refractivity contribution < 1.29 is 19.1 Å². The molecule has 0 saturated carbocycles. The summed E-state index contributed by atoms with van der Waals surface area (Å²) in [4.78, 5) is 29.3. The van der Waals surface area contributed by atoms with Gasteiger partial charge in [0.25, 0.3) is 5.91 Å². The van der Waals surface area contributed by atoms with Crippen LogP contribution in [0.15, 0.2) is 41.9 Å². The van der Waals surface area contributed by atoms with Crippen LogP contribution in [0.2, 0.25) is 0 Å². The van der Waals surface area contributed by atoms with Crippen LogP contribution >= 0.6 is 11.3 Å². The third kappa shape index (κ3) is 4.18. The number of amides is 1. The number of nitrogens with zero attached hydrogens (tertiary/aromatic N) is 1. The average Bonchev–Trinajstić information content (AvgIpc) is 3.31. The Morgan fingerprint density at radius 3 is 2.96 bits per heavy atom. The second-order valence-electron chi connectivity index (χ2n) is 5.40. The number of carbonyl (C=O) groups excluding carboxylic acids is 2. The van der Waals surface area contributed by atoms with E-state index in [1.807, 2.05) is 0 Å². The molecule has 0 radical (unpaired) electrons. The summed E-state index contributed by atoms with van der Waals surface area (Å²) < 4.78 is 10.9. The molecule has 6 nitrogen and oxygen atoms in total. The number of ether oxygens (including phenoxy) is 2. The molecule has 1 aliphatic rings. The van der Waals surface area contributed by atoms with Gasteiger partial charge in [-0.25, -0.2) is 4.79 Å². The molecule has 2 atom stereocenters. The summed E-state index contributed by atoms with van der Waals surface area (Å²) in [6.45, 7) is 1.12. The number of hydrogen-bond acceptors (Lipinski definition) is 6. The van der Waals surface area contributed by atoms with Crippen molar-refractivity contribution in [1.29, 1.82) is 0 Å². The van der Waals surface area contributed by atoms with Crippen LogP contribution in [-0.4, -0.2) is 36.1 Å². The standard InChI is InChI=1S/C17H18N2O4S/c20-16(19-11-12-5-3-9-22-12)15(13-6-1-2-8-18-13)23-17(21)14-7-4-10-24-14/h1-2,4,6-8,10,12,15H,3,5,9,11H2,(H,19,20)/t12-,15-/m1/s1. The summed E-state index contributed by atoms with van der Waals surface area (Å²) in [6.07, 6.45) is 2.42. The fourth-order valence-electron chi connectivity index (χ4n) is 2.45. The van der Waals surface area contributed by atoms with Crippen molar-refractivity contribution >= 4 is 23.2 Å². The highest BCUT2D eigenvalue weighted by molar-refractivity contribution is 7.11. The zero-order valence-corrected chi connectivity index (χ0v) is 13.8. The Morgan fingerprint density at radius 1 is 1.38 bits per heavy atom. The van der Waals surface area contributed by atoms with E-state index in [1.165, 1.54) is 11.3 Å². The third-order valence-corrected chi connectivity index (χ3v) is 4.52. The molecule has 7 heteroatoms. The Kier molecular flexibility index (Phi) is 5.55. The minimum absolute atomic E-state index is 0.0198. The van der Waals surface area contributed by atoms with Gasteiger partial charge in [0.2, 0.25) is 6.10 Å². The Hall–Kier alpha value is -2.25. The highest BCUT2D eigenvalue weighted by Gasteiger charge is 2.28. The lowest BCUT2D eigenvalue weighted by Gasteiger charge is -2.18. The molecule has 0 aromatic carbocycles. The molecule has 0 bridgehead atoms. The van der Waals surface area contributed by atoms with E-state index < -0.39 is 18.0 Å². The topological polar surface area (TPSA) is 77.5 Å². The maximum Gasteiger partial charge on any atom is 0.349 e. The van der Waals surface area contributed by atoms with Crippen LogP contribution in [0.5, 0.6) is 0 Å². The Labute approximate surface area is 143 Å². The summed E-state index contributed by atoms with van der Waals surface area (Å²) in [5, 5.41) is 4.58. The van der Waals surface area contributed by atoms with Crippen LogP contribution < -0.4 is 5.32 Å². The first-order valence-electron chi connectivity index (χ1n) is 7.79. The zero-order chi connectivity index (χ0) is 16.8. The average molecular weight is 346 g/mol. The van der Waals surface area contributed by atoms with E-state index in [0.717, 1.165) is 19.4 Å². The second kappa shape index (κ2) is 8.03. The minimum atomic E-state index is -1.08. The van der Waals surface area contributed by atoms with Crippen molar-refractivity contribution in [2.24, 2.45) is 0 Å². The molecule has 1 saturated heterocycles. The van der Waals surface area contributed by atoms with Gasteiger partial charge in [-0.15, -0.1) is 11.3 Å². The predicted octanol–water partition coefficient (Wildman–Crippen LogP) is 2.34. The summed E-state index contributed by atoms with van der Waals surface area (Å²) in [5.74, 6) is -0.929. The summed E-state index contributed by atoms with van der Waals surface area (Å²) in [7, 11) is 0. The predicted molar refractivity (Wildman–Crippen MR) is 88.7 cm³/mol. The number of thiophene rings is 1. The quantitative estimate of drug-likeness (QED) is 0.813. The SMILES string of the molecule is O=C(O[C@@H](C(=O)NC[C@H]1CCCO1)c1ccccn1)c1cccs1. The highest BCUT2D eigenvalue weighted by Crippen LogP contribution is 2.20. The van der Waals surface area contributed by atoms with E-state index in [0.29, 0.717) is 17.1 Å².